The molecule has 18 heavy (non-hydrogen) atoms. The van der Waals surface area contributed by atoms with Crippen molar-refractivity contribution in [1.82, 2.24) is 0 Å². The molecule has 0 radical (unpaired) electrons. The van der Waals surface area contributed by atoms with Gasteiger partial charge in [-0.1, -0.05) is 0 Å². The summed E-state index contributed by atoms with van der Waals surface area (Å²) >= 11 is 0. The molecular weight excluding hydrogens is 241 g/mol. The first-order valence-corrected chi connectivity index (χ1v) is 5.31. The Kier molecular flexibility index (Phi) is 4.91. The average molecular weight is 257 g/mol. The van der Waals surface area contributed by atoms with E-state index >= 15 is 0 Å². The van der Waals surface area contributed by atoms with Crippen molar-refractivity contribution in [2.24, 2.45) is 5.73 Å². The van der Waals surface area contributed by atoms with Gasteiger partial charge in [-0.25, -0.2) is 4.39 Å². The second kappa shape index (κ2) is 6.20. The number of methoxy groups -OCH3 is 2. The normalized spacial score (nSPS) is 12.0. The number of rotatable bonds is 6. The average Bonchev–Trinajstić information content (AvgIpc) is 2.35. The molecule has 0 bridgehead atoms. The highest BCUT2D eigenvalue weighted by molar-refractivity contribution is 5.68. The molecule has 100 valence electrons. The van der Waals surface area contributed by atoms with Crippen LogP contribution < -0.4 is 15.2 Å². The fraction of sp³-hybridized carbons (Fsp3) is 0.417. The van der Waals surface area contributed by atoms with E-state index < -0.39 is 18.7 Å². The summed E-state index contributed by atoms with van der Waals surface area (Å²) in [5.41, 5.74) is 6.57. The topological polar surface area (TPSA) is 81.8 Å². The zero-order valence-corrected chi connectivity index (χ0v) is 10.3. The summed E-state index contributed by atoms with van der Waals surface area (Å²) in [6.07, 6.45) is -0.269. The van der Waals surface area contributed by atoms with E-state index in [1.807, 2.05) is 0 Å². The van der Waals surface area contributed by atoms with E-state index in [1.54, 1.807) is 0 Å². The smallest absolute Gasteiger partial charge is 0.305 e. The minimum atomic E-state index is -1.03. The molecule has 1 aromatic carbocycles. The van der Waals surface area contributed by atoms with Gasteiger partial charge in [-0.05, 0) is 17.7 Å². The maximum atomic E-state index is 12.7. The van der Waals surface area contributed by atoms with E-state index in [2.05, 4.69) is 0 Å². The summed E-state index contributed by atoms with van der Waals surface area (Å²) in [4.78, 5) is 10.7. The molecule has 0 saturated carbocycles. The van der Waals surface area contributed by atoms with Gasteiger partial charge in [0.2, 0.25) is 0 Å². The Morgan fingerprint density at radius 2 is 2.11 bits per heavy atom. The van der Waals surface area contributed by atoms with Crippen molar-refractivity contribution in [3.8, 4) is 11.5 Å². The molecule has 1 atom stereocenters. The lowest BCUT2D eigenvalue weighted by atomic mass is 10.0. The van der Waals surface area contributed by atoms with Crippen molar-refractivity contribution < 1.29 is 23.8 Å². The molecule has 0 aromatic heterocycles. The van der Waals surface area contributed by atoms with Crippen LogP contribution in [0.25, 0.3) is 0 Å². The van der Waals surface area contributed by atoms with Gasteiger partial charge < -0.3 is 20.3 Å². The molecule has 3 N–H and O–H groups in total. The van der Waals surface area contributed by atoms with E-state index in [1.165, 1.54) is 26.4 Å². The Morgan fingerprint density at radius 1 is 1.44 bits per heavy atom. The second-order valence-electron chi connectivity index (χ2n) is 3.76. The van der Waals surface area contributed by atoms with E-state index in [4.69, 9.17) is 20.3 Å². The minimum absolute atomic E-state index is 0.269. The van der Waals surface area contributed by atoms with Gasteiger partial charge in [-0.2, -0.15) is 0 Å². The molecule has 0 heterocycles. The van der Waals surface area contributed by atoms with Crippen molar-refractivity contribution in [3.05, 3.63) is 23.3 Å². The van der Waals surface area contributed by atoms with Crippen LogP contribution in [-0.4, -0.2) is 25.3 Å². The molecule has 1 unspecified atom stereocenters. The number of carbonyl (C=O) groups is 1. The number of hydrogen-bond acceptors (Lipinski definition) is 4. The molecule has 6 heteroatoms. The van der Waals surface area contributed by atoms with Gasteiger partial charge in [-0.3, -0.25) is 4.79 Å². The Balaban J connectivity index is 3.25. The number of alkyl halides is 1. The number of ether oxygens (including phenoxy) is 2. The largest absolute Gasteiger partial charge is 0.493 e. The first kappa shape index (κ1) is 14.2. The lowest BCUT2D eigenvalue weighted by Gasteiger charge is -2.18. The zero-order valence-electron chi connectivity index (χ0n) is 10.3. The number of halogens is 1. The Labute approximate surface area is 104 Å². The van der Waals surface area contributed by atoms with Crippen LogP contribution in [0, 0.1) is 0 Å². The summed E-state index contributed by atoms with van der Waals surface area (Å²) < 4.78 is 23.0. The van der Waals surface area contributed by atoms with Gasteiger partial charge in [0.25, 0.3) is 0 Å². The van der Waals surface area contributed by atoms with Crippen LogP contribution in [0.1, 0.15) is 23.6 Å². The lowest BCUT2D eigenvalue weighted by molar-refractivity contribution is -0.137. The second-order valence-corrected chi connectivity index (χ2v) is 3.76. The van der Waals surface area contributed by atoms with E-state index in [-0.39, 0.29) is 6.42 Å². The van der Waals surface area contributed by atoms with E-state index in [0.717, 1.165) is 0 Å². The van der Waals surface area contributed by atoms with Crippen LogP contribution in [0.2, 0.25) is 0 Å². The van der Waals surface area contributed by atoms with Crippen molar-refractivity contribution in [2.75, 3.05) is 14.2 Å². The molecule has 0 aliphatic rings. The van der Waals surface area contributed by atoms with Gasteiger partial charge in [0, 0.05) is 11.6 Å². The Bertz CT molecular complexity index is 436. The molecule has 0 aliphatic heterocycles. The molecule has 0 spiro atoms. The highest BCUT2D eigenvalue weighted by Crippen LogP contribution is 2.36. The molecule has 1 rings (SSSR count). The fourth-order valence-corrected chi connectivity index (χ4v) is 1.70. The summed E-state index contributed by atoms with van der Waals surface area (Å²) in [5.74, 6) is -0.360. The number of benzene rings is 1. The van der Waals surface area contributed by atoms with Crippen LogP contribution in [0.4, 0.5) is 4.39 Å². The van der Waals surface area contributed by atoms with Gasteiger partial charge in [0.1, 0.15) is 6.67 Å². The monoisotopic (exact) mass is 257 g/mol. The lowest BCUT2D eigenvalue weighted by Crippen LogP contribution is -2.16. The number of hydrogen-bond donors (Lipinski definition) is 2. The predicted octanol–water partition coefficient (Wildman–Crippen LogP) is 1.65. The molecule has 1 aromatic rings. The van der Waals surface area contributed by atoms with Gasteiger partial charge in [-0.15, -0.1) is 0 Å². The zero-order chi connectivity index (χ0) is 13.7. The van der Waals surface area contributed by atoms with Crippen LogP contribution >= 0.6 is 0 Å². The van der Waals surface area contributed by atoms with Crippen LogP contribution in [0.5, 0.6) is 11.5 Å². The standard InChI is InChI=1S/C12H16FNO4/c1-17-10-4-7(6-13)3-8(12(10)18-2)9(14)5-11(15)16/h3-4,9H,5-6,14H2,1-2H3,(H,15,16). The van der Waals surface area contributed by atoms with Crippen LogP contribution in [0.15, 0.2) is 12.1 Å². The first-order valence-electron chi connectivity index (χ1n) is 5.31. The maximum Gasteiger partial charge on any atom is 0.305 e. The number of carboxylic acid groups (broad SMARTS) is 1. The highest BCUT2D eigenvalue weighted by atomic mass is 19.1. The van der Waals surface area contributed by atoms with Gasteiger partial charge >= 0.3 is 5.97 Å². The number of carboxylic acids is 1. The third-order valence-electron chi connectivity index (χ3n) is 2.52. The quantitative estimate of drug-likeness (QED) is 0.809. The predicted molar refractivity (Wildman–Crippen MR) is 63.5 cm³/mol. The van der Waals surface area contributed by atoms with E-state index in [0.29, 0.717) is 22.6 Å². The van der Waals surface area contributed by atoms with Crippen molar-refractivity contribution in [3.63, 3.8) is 0 Å². The van der Waals surface area contributed by atoms with Crippen molar-refractivity contribution in [1.29, 1.82) is 0 Å². The first-order chi connectivity index (χ1) is 8.53. The highest BCUT2D eigenvalue weighted by Gasteiger charge is 2.20. The Morgan fingerprint density at radius 3 is 2.56 bits per heavy atom. The molecule has 0 aliphatic carbocycles. The Hall–Kier alpha value is -1.82. The maximum absolute atomic E-state index is 12.7. The van der Waals surface area contributed by atoms with E-state index in [9.17, 15) is 9.18 Å². The summed E-state index contributed by atoms with van der Waals surface area (Å²) in [6.45, 7) is -0.687. The van der Waals surface area contributed by atoms with Gasteiger partial charge in [0.15, 0.2) is 11.5 Å². The third-order valence-corrected chi connectivity index (χ3v) is 2.52. The summed E-state index contributed by atoms with van der Waals surface area (Å²) in [7, 11) is 2.84. The molecular formula is C12H16FNO4. The fourth-order valence-electron chi connectivity index (χ4n) is 1.70. The number of nitrogens with two attached hydrogens (primary N) is 1. The van der Waals surface area contributed by atoms with Crippen LogP contribution in [-0.2, 0) is 11.5 Å². The molecule has 0 amide bonds. The number of aliphatic carboxylic acids is 1. The van der Waals surface area contributed by atoms with Gasteiger partial charge in [0.05, 0.1) is 20.6 Å². The summed E-state index contributed by atoms with van der Waals surface area (Å²) in [6, 6.07) is 2.21. The summed E-state index contributed by atoms with van der Waals surface area (Å²) in [5, 5.41) is 8.74. The molecule has 0 fully saturated rings. The SMILES string of the molecule is COc1cc(CF)cc(C(N)CC(=O)O)c1OC. The van der Waals surface area contributed by atoms with Crippen molar-refractivity contribution >= 4 is 5.97 Å². The van der Waals surface area contributed by atoms with Crippen molar-refractivity contribution in [2.45, 2.75) is 19.1 Å². The van der Waals surface area contributed by atoms with Crippen LogP contribution in [0.3, 0.4) is 0 Å². The third kappa shape index (κ3) is 3.10. The minimum Gasteiger partial charge on any atom is -0.493 e. The molecule has 0 saturated heterocycles. The molecule has 5 nitrogen and oxygen atoms in total.